The van der Waals surface area contributed by atoms with Crippen LogP contribution in [0.3, 0.4) is 0 Å². The van der Waals surface area contributed by atoms with Crippen molar-refractivity contribution in [1.82, 2.24) is 30.2 Å². The smallest absolute Gasteiger partial charge is 0.261 e. The van der Waals surface area contributed by atoms with E-state index in [9.17, 15) is 14.0 Å². The number of piperidine rings is 1. The summed E-state index contributed by atoms with van der Waals surface area (Å²) in [5.74, 6) is -0.0694. The number of amides is 1. The lowest BCUT2D eigenvalue weighted by Gasteiger charge is -2.32. The van der Waals surface area contributed by atoms with E-state index in [4.69, 9.17) is 17.3 Å². The summed E-state index contributed by atoms with van der Waals surface area (Å²) in [6.07, 6.45) is 2.93. The zero-order chi connectivity index (χ0) is 26.1. The Bertz CT molecular complexity index is 1530. The molecule has 1 amide bonds. The second-order valence-electron chi connectivity index (χ2n) is 8.84. The van der Waals surface area contributed by atoms with E-state index in [1.807, 2.05) is 0 Å². The first kappa shape index (κ1) is 25.1. The van der Waals surface area contributed by atoms with Gasteiger partial charge in [-0.05, 0) is 44.0 Å². The van der Waals surface area contributed by atoms with Crippen molar-refractivity contribution in [3.63, 3.8) is 0 Å². The van der Waals surface area contributed by atoms with Gasteiger partial charge in [0.2, 0.25) is 5.95 Å². The Labute approximate surface area is 220 Å². The van der Waals surface area contributed by atoms with Crippen LogP contribution in [0.4, 0.5) is 21.8 Å². The molecule has 0 bridgehead atoms. The number of aromatic nitrogens is 4. The molecular formula is C24H24ClFN8O2S. The van der Waals surface area contributed by atoms with E-state index in [0.717, 1.165) is 25.9 Å². The summed E-state index contributed by atoms with van der Waals surface area (Å²) in [7, 11) is 0. The van der Waals surface area contributed by atoms with Crippen molar-refractivity contribution in [2.75, 3.05) is 24.1 Å². The van der Waals surface area contributed by atoms with Gasteiger partial charge >= 0.3 is 0 Å². The van der Waals surface area contributed by atoms with Gasteiger partial charge in [0.25, 0.3) is 11.5 Å². The number of nitrogen functional groups attached to an aromatic ring is 1. The minimum Gasteiger partial charge on any atom is -0.369 e. The largest absolute Gasteiger partial charge is 0.369 e. The number of hydrogen-bond acceptors (Lipinski definition) is 9. The van der Waals surface area contributed by atoms with Crippen molar-refractivity contribution >= 4 is 56.5 Å². The first-order chi connectivity index (χ1) is 17.8. The fraction of sp³-hybridized carbons (Fsp3) is 0.292. The van der Waals surface area contributed by atoms with Gasteiger partial charge in [0.15, 0.2) is 0 Å². The molecule has 0 aliphatic carbocycles. The van der Waals surface area contributed by atoms with Crippen molar-refractivity contribution in [3.8, 4) is 0 Å². The van der Waals surface area contributed by atoms with Gasteiger partial charge in [-0.15, -0.1) is 11.3 Å². The molecule has 5 rings (SSSR count). The number of fused-ring (bicyclic) bond motifs is 1. The number of thiophene rings is 1. The molecule has 0 spiro atoms. The minimum absolute atomic E-state index is 0.00111. The van der Waals surface area contributed by atoms with E-state index < -0.39 is 5.82 Å². The number of benzene rings is 1. The Morgan fingerprint density at radius 1 is 1.30 bits per heavy atom. The number of hydrogen-bond donors (Lipinski definition) is 4. The van der Waals surface area contributed by atoms with Crippen molar-refractivity contribution in [3.05, 3.63) is 67.9 Å². The van der Waals surface area contributed by atoms with Gasteiger partial charge in [0.05, 0.1) is 26.5 Å². The van der Waals surface area contributed by atoms with Gasteiger partial charge in [-0.3, -0.25) is 19.5 Å². The van der Waals surface area contributed by atoms with Gasteiger partial charge in [-0.1, -0.05) is 11.6 Å². The normalized spacial score (nSPS) is 14.7. The second-order valence-corrected chi connectivity index (χ2v) is 10.3. The lowest BCUT2D eigenvalue weighted by Crippen LogP contribution is -2.44. The van der Waals surface area contributed by atoms with Crippen LogP contribution in [-0.4, -0.2) is 49.9 Å². The van der Waals surface area contributed by atoms with E-state index in [1.165, 1.54) is 29.8 Å². The highest BCUT2D eigenvalue weighted by atomic mass is 35.5. The number of rotatable bonds is 6. The highest BCUT2D eigenvalue weighted by Crippen LogP contribution is 2.31. The van der Waals surface area contributed by atoms with Crippen molar-refractivity contribution < 1.29 is 9.18 Å². The third kappa shape index (κ3) is 5.55. The predicted octanol–water partition coefficient (Wildman–Crippen LogP) is 3.60. The monoisotopic (exact) mass is 542 g/mol. The number of aryl methyl sites for hydroxylation is 1. The molecule has 10 nitrogen and oxygen atoms in total. The molecule has 0 radical (unpaired) electrons. The molecule has 0 saturated carbocycles. The van der Waals surface area contributed by atoms with Crippen LogP contribution in [0.2, 0.25) is 5.02 Å². The zero-order valence-electron chi connectivity index (χ0n) is 19.8. The molecule has 1 aliphatic rings. The molecule has 3 aromatic heterocycles. The van der Waals surface area contributed by atoms with Gasteiger partial charge < -0.3 is 16.4 Å². The van der Waals surface area contributed by atoms with E-state index in [-0.39, 0.29) is 28.5 Å². The van der Waals surface area contributed by atoms with Crippen LogP contribution in [0.1, 0.15) is 33.8 Å². The van der Waals surface area contributed by atoms with Crippen LogP contribution < -0.4 is 21.9 Å². The molecule has 1 aromatic carbocycles. The van der Waals surface area contributed by atoms with Crippen molar-refractivity contribution in [2.24, 2.45) is 0 Å². The molecule has 192 valence electrons. The molecule has 1 aliphatic heterocycles. The van der Waals surface area contributed by atoms with Crippen LogP contribution in [0, 0.1) is 12.7 Å². The van der Waals surface area contributed by atoms with Gasteiger partial charge in [0, 0.05) is 31.4 Å². The number of anilines is 3. The Kier molecular flexibility index (Phi) is 7.04. The minimum atomic E-state index is -0.508. The Hall–Kier alpha value is -3.61. The maximum atomic E-state index is 13.5. The molecule has 1 fully saturated rings. The molecule has 1 saturated heterocycles. The van der Waals surface area contributed by atoms with Gasteiger partial charge in [0.1, 0.15) is 22.8 Å². The molecular weight excluding hydrogens is 519 g/mol. The first-order valence-corrected chi connectivity index (χ1v) is 12.8. The number of nitrogens with one attached hydrogen (secondary N) is 3. The summed E-state index contributed by atoms with van der Waals surface area (Å²) < 4.78 is 13.5. The van der Waals surface area contributed by atoms with E-state index in [1.54, 1.807) is 19.1 Å². The van der Waals surface area contributed by atoms with E-state index in [2.05, 4.69) is 35.5 Å². The number of H-pyrrole nitrogens is 1. The van der Waals surface area contributed by atoms with E-state index in [0.29, 0.717) is 44.4 Å². The first-order valence-electron chi connectivity index (χ1n) is 11.6. The Morgan fingerprint density at radius 3 is 2.81 bits per heavy atom. The summed E-state index contributed by atoms with van der Waals surface area (Å²) in [6, 6.07) is 6.07. The molecule has 37 heavy (non-hydrogen) atoms. The average molecular weight is 543 g/mol. The number of nitrogens with two attached hydrogens (primary N) is 1. The summed E-state index contributed by atoms with van der Waals surface area (Å²) in [4.78, 5) is 43.9. The number of halogens is 2. The molecule has 5 N–H and O–H groups in total. The summed E-state index contributed by atoms with van der Waals surface area (Å²) in [5, 5.41) is 6.91. The Balaban J connectivity index is 1.22. The highest BCUT2D eigenvalue weighted by molar-refractivity contribution is 7.20. The van der Waals surface area contributed by atoms with Gasteiger partial charge in [-0.25, -0.2) is 19.3 Å². The SMILES string of the molecule is Cc1nc(N)[nH]c(=O)c1CN1CCC(NC(=O)c2cc3c(Nc4ccc(F)c(Cl)c4)ncnc3s2)CC1. The number of likely N-dealkylation sites (tertiary alicyclic amines) is 1. The number of nitrogens with zero attached hydrogens (tertiary/aromatic N) is 4. The lowest BCUT2D eigenvalue weighted by molar-refractivity contribution is 0.0913. The molecule has 0 unspecified atom stereocenters. The number of carbonyl (C=O) groups excluding carboxylic acids is 1. The maximum absolute atomic E-state index is 13.5. The van der Waals surface area contributed by atoms with Crippen LogP contribution in [0.25, 0.3) is 10.2 Å². The molecule has 4 heterocycles. The van der Waals surface area contributed by atoms with Crippen LogP contribution >= 0.6 is 22.9 Å². The molecule has 4 aromatic rings. The standard InChI is InChI=1S/C24H24ClFN8O2S/c1-12-16(21(35)33-24(27)30-12)10-34-6-4-13(5-7-34)32-22(36)19-9-15-20(28-11-29-23(15)37-19)31-14-2-3-18(26)17(25)8-14/h2-3,8-9,11,13H,4-7,10H2,1H3,(H,32,36)(H,28,29,31)(H3,27,30,33,35). The quantitative estimate of drug-likeness (QED) is 0.289. The number of aromatic amines is 1. The van der Waals surface area contributed by atoms with Gasteiger partial charge in [-0.2, -0.15) is 0 Å². The van der Waals surface area contributed by atoms with E-state index >= 15 is 0 Å². The second kappa shape index (κ2) is 10.4. The third-order valence-electron chi connectivity index (χ3n) is 6.28. The average Bonchev–Trinajstić information content (AvgIpc) is 3.30. The summed E-state index contributed by atoms with van der Waals surface area (Å²) in [5.41, 5.74) is 7.19. The van der Waals surface area contributed by atoms with Crippen LogP contribution in [-0.2, 0) is 6.54 Å². The topological polar surface area (TPSA) is 142 Å². The fourth-order valence-corrected chi connectivity index (χ4v) is 5.39. The fourth-order valence-electron chi connectivity index (χ4n) is 4.31. The van der Waals surface area contributed by atoms with Crippen LogP contribution in [0.15, 0.2) is 35.4 Å². The van der Waals surface area contributed by atoms with Crippen LogP contribution in [0.5, 0.6) is 0 Å². The summed E-state index contributed by atoms with van der Waals surface area (Å²) >= 11 is 7.16. The lowest BCUT2D eigenvalue weighted by atomic mass is 10.0. The third-order valence-corrected chi connectivity index (χ3v) is 7.61. The number of carbonyl (C=O) groups is 1. The Morgan fingerprint density at radius 2 is 2.08 bits per heavy atom. The zero-order valence-corrected chi connectivity index (χ0v) is 21.4. The molecule has 0 atom stereocenters. The summed E-state index contributed by atoms with van der Waals surface area (Å²) in [6.45, 7) is 3.74. The maximum Gasteiger partial charge on any atom is 0.261 e. The van der Waals surface area contributed by atoms with Crippen molar-refractivity contribution in [1.29, 1.82) is 0 Å². The predicted molar refractivity (Wildman–Crippen MR) is 142 cm³/mol. The molecule has 13 heteroatoms. The van der Waals surface area contributed by atoms with Crippen molar-refractivity contribution in [2.45, 2.75) is 32.4 Å². The highest BCUT2D eigenvalue weighted by Gasteiger charge is 2.24.